The minimum atomic E-state index is -3.39. The Morgan fingerprint density at radius 2 is 2.00 bits per heavy atom. The summed E-state index contributed by atoms with van der Waals surface area (Å²) in [5, 5.41) is 10.0. The molecule has 0 aliphatic heterocycles. The normalized spacial score (nSPS) is 12.4. The molecule has 0 bridgehead atoms. The zero-order chi connectivity index (χ0) is 13.1. The Labute approximate surface area is 115 Å². The summed E-state index contributed by atoms with van der Waals surface area (Å²) in [5.41, 5.74) is 5.33. The molecule has 1 aromatic heterocycles. The predicted molar refractivity (Wildman–Crippen MR) is 72.5 cm³/mol. The first-order valence-corrected chi connectivity index (χ1v) is 7.35. The van der Waals surface area contributed by atoms with Crippen molar-refractivity contribution >= 4 is 49.9 Å². The fraction of sp³-hybridized carbons (Fsp3) is 0.571. The summed E-state index contributed by atoms with van der Waals surface area (Å²) in [7, 11) is -3.39. The summed E-state index contributed by atoms with van der Waals surface area (Å²) < 4.78 is 24.0. The summed E-state index contributed by atoms with van der Waals surface area (Å²) in [5.74, 6) is -0.625. The van der Waals surface area contributed by atoms with Gasteiger partial charge in [-0.15, -0.1) is 22.6 Å². The molecule has 0 aliphatic carbocycles. The van der Waals surface area contributed by atoms with Crippen LogP contribution in [-0.2, 0) is 14.8 Å². The molecule has 1 heterocycles. The van der Waals surface area contributed by atoms with Crippen molar-refractivity contribution in [2.75, 3.05) is 22.8 Å². The van der Waals surface area contributed by atoms with E-state index < -0.39 is 10.0 Å². The summed E-state index contributed by atoms with van der Waals surface area (Å²) in [4.78, 5) is 11.4. The fourth-order valence-electron chi connectivity index (χ4n) is 0.809. The molecule has 11 heteroatoms. The highest BCUT2D eigenvalue weighted by Crippen LogP contribution is 2.20. The Bertz CT molecular complexity index is 503. The van der Waals surface area contributed by atoms with Gasteiger partial charge in [0.25, 0.3) is 0 Å². The van der Waals surface area contributed by atoms with Crippen LogP contribution in [0.3, 0.4) is 0 Å². The summed E-state index contributed by atoms with van der Waals surface area (Å²) in [6.45, 7) is 1.89. The first-order valence-electron chi connectivity index (χ1n) is 4.64. The molecule has 0 radical (unpaired) electrons. The van der Waals surface area contributed by atoms with Crippen LogP contribution in [0.4, 0.5) is 10.3 Å². The van der Waals surface area contributed by atoms with Gasteiger partial charge in [-0.05, 0) is 0 Å². The van der Waals surface area contributed by atoms with Gasteiger partial charge in [-0.1, -0.05) is 18.3 Å². The Balaban J connectivity index is 0.00000289. The van der Waals surface area contributed by atoms with Crippen LogP contribution < -0.4 is 15.8 Å². The molecule has 1 unspecified atom stereocenters. The van der Waals surface area contributed by atoms with Crippen molar-refractivity contribution in [3.8, 4) is 0 Å². The highest BCUT2D eigenvalue weighted by molar-refractivity contribution is 7.92. The van der Waals surface area contributed by atoms with Crippen molar-refractivity contribution < 1.29 is 13.2 Å². The van der Waals surface area contributed by atoms with E-state index in [0.717, 1.165) is 17.6 Å². The molecule has 0 spiro atoms. The molecule has 1 rings (SSSR count). The van der Waals surface area contributed by atoms with Crippen LogP contribution in [0.25, 0.3) is 0 Å². The highest BCUT2D eigenvalue weighted by Gasteiger charge is 2.14. The van der Waals surface area contributed by atoms with E-state index in [-0.39, 0.29) is 41.0 Å². The largest absolute Gasteiger partial charge is 0.330 e. The molecule has 0 aliphatic rings. The van der Waals surface area contributed by atoms with Crippen molar-refractivity contribution in [3.63, 3.8) is 0 Å². The molecule has 0 saturated heterocycles. The lowest BCUT2D eigenvalue weighted by Crippen LogP contribution is -2.26. The van der Waals surface area contributed by atoms with Gasteiger partial charge >= 0.3 is 0 Å². The van der Waals surface area contributed by atoms with E-state index >= 15 is 0 Å². The summed E-state index contributed by atoms with van der Waals surface area (Å²) in [6.07, 6.45) is 1.00. The molecular formula is C7H14ClN5O3S2. The minimum absolute atomic E-state index is 0. The first-order chi connectivity index (χ1) is 7.81. The molecule has 1 amide bonds. The predicted octanol–water partition coefficient (Wildman–Crippen LogP) is -0.135. The lowest BCUT2D eigenvalue weighted by Gasteiger charge is -2.05. The maximum atomic E-state index is 11.4. The Morgan fingerprint density at radius 3 is 2.50 bits per heavy atom. The van der Waals surface area contributed by atoms with E-state index in [9.17, 15) is 13.2 Å². The number of anilines is 2. The molecule has 8 nitrogen and oxygen atoms in total. The van der Waals surface area contributed by atoms with Gasteiger partial charge in [0, 0.05) is 12.5 Å². The third-order valence-electron chi connectivity index (χ3n) is 1.73. The van der Waals surface area contributed by atoms with Gasteiger partial charge in [0.2, 0.25) is 26.2 Å². The SMILES string of the molecule is CC(CN)C(=O)Nc1nnc(NS(C)(=O)=O)s1.Cl. The summed E-state index contributed by atoms with van der Waals surface area (Å²) in [6, 6.07) is 0. The molecule has 0 aromatic carbocycles. The molecule has 1 atom stereocenters. The third kappa shape index (κ3) is 5.58. The van der Waals surface area contributed by atoms with Gasteiger partial charge in [0.15, 0.2) is 0 Å². The molecule has 0 saturated carbocycles. The van der Waals surface area contributed by atoms with E-state index in [1.165, 1.54) is 0 Å². The third-order valence-corrected chi connectivity index (χ3v) is 3.18. The van der Waals surface area contributed by atoms with Gasteiger partial charge < -0.3 is 11.1 Å². The van der Waals surface area contributed by atoms with Gasteiger partial charge in [-0.3, -0.25) is 9.52 Å². The number of hydrogen-bond donors (Lipinski definition) is 3. The average Bonchev–Trinajstić information content (AvgIpc) is 2.61. The number of carbonyl (C=O) groups excluding carboxylic acids is 1. The number of aromatic nitrogens is 2. The van der Waals surface area contributed by atoms with Crippen molar-refractivity contribution in [1.82, 2.24) is 10.2 Å². The van der Waals surface area contributed by atoms with Gasteiger partial charge in [0.1, 0.15) is 0 Å². The summed E-state index contributed by atoms with van der Waals surface area (Å²) >= 11 is 0.931. The minimum Gasteiger partial charge on any atom is -0.330 e. The number of nitrogens with zero attached hydrogens (tertiary/aromatic N) is 2. The van der Waals surface area contributed by atoms with Gasteiger partial charge in [-0.2, -0.15) is 0 Å². The van der Waals surface area contributed by atoms with Crippen molar-refractivity contribution in [1.29, 1.82) is 0 Å². The average molecular weight is 316 g/mol. The number of nitrogens with two attached hydrogens (primary N) is 1. The van der Waals surface area contributed by atoms with Gasteiger partial charge in [-0.25, -0.2) is 8.42 Å². The maximum Gasteiger partial charge on any atom is 0.231 e. The number of carbonyl (C=O) groups is 1. The van der Waals surface area contributed by atoms with E-state index in [1.807, 2.05) is 0 Å². The molecule has 1 aromatic rings. The van der Waals surface area contributed by atoms with Crippen LogP contribution in [-0.4, -0.2) is 37.3 Å². The highest BCUT2D eigenvalue weighted by atomic mass is 35.5. The molecule has 18 heavy (non-hydrogen) atoms. The van der Waals surface area contributed by atoms with Crippen LogP contribution in [0, 0.1) is 5.92 Å². The second-order valence-electron chi connectivity index (χ2n) is 3.41. The Hall–Kier alpha value is -0.970. The van der Waals surface area contributed by atoms with Crippen LogP contribution in [0.2, 0.25) is 0 Å². The van der Waals surface area contributed by atoms with Crippen LogP contribution in [0.1, 0.15) is 6.92 Å². The molecular weight excluding hydrogens is 302 g/mol. The lowest BCUT2D eigenvalue weighted by atomic mass is 10.2. The van der Waals surface area contributed by atoms with E-state index in [1.54, 1.807) is 6.92 Å². The maximum absolute atomic E-state index is 11.4. The van der Waals surface area contributed by atoms with E-state index in [0.29, 0.717) is 0 Å². The fourth-order valence-corrected chi connectivity index (χ4v) is 2.29. The van der Waals surface area contributed by atoms with E-state index in [4.69, 9.17) is 5.73 Å². The topological polar surface area (TPSA) is 127 Å². The number of hydrogen-bond acceptors (Lipinski definition) is 7. The molecule has 4 N–H and O–H groups in total. The number of sulfonamides is 1. The standard InChI is InChI=1S/C7H13N5O3S2.ClH/c1-4(3-8)5(13)9-6-10-11-7(16-6)12-17(2,14)15;/h4H,3,8H2,1-2H3,(H,11,12)(H,9,10,13);1H. The number of nitrogens with one attached hydrogen (secondary N) is 2. The number of halogens is 1. The van der Waals surface area contributed by atoms with Gasteiger partial charge in [0.05, 0.1) is 6.26 Å². The first kappa shape index (κ1) is 17.0. The Morgan fingerprint density at radius 1 is 1.44 bits per heavy atom. The Kier molecular flexibility index (Phi) is 6.46. The zero-order valence-corrected chi connectivity index (χ0v) is 12.2. The van der Waals surface area contributed by atoms with Crippen molar-refractivity contribution in [2.24, 2.45) is 11.7 Å². The quantitative estimate of drug-likeness (QED) is 0.694. The monoisotopic (exact) mass is 315 g/mol. The molecule has 104 valence electrons. The number of rotatable bonds is 5. The second-order valence-corrected chi connectivity index (χ2v) is 6.14. The molecule has 0 fully saturated rings. The van der Waals surface area contributed by atoms with Crippen LogP contribution in [0.5, 0.6) is 0 Å². The zero-order valence-electron chi connectivity index (χ0n) is 9.71. The van der Waals surface area contributed by atoms with Crippen LogP contribution >= 0.6 is 23.7 Å². The van der Waals surface area contributed by atoms with Crippen molar-refractivity contribution in [2.45, 2.75) is 6.92 Å². The van der Waals surface area contributed by atoms with E-state index in [2.05, 4.69) is 20.2 Å². The van der Waals surface area contributed by atoms with Crippen LogP contribution in [0.15, 0.2) is 0 Å². The smallest absolute Gasteiger partial charge is 0.231 e. The lowest BCUT2D eigenvalue weighted by molar-refractivity contribution is -0.119. The second kappa shape index (κ2) is 6.83. The van der Waals surface area contributed by atoms with Crippen molar-refractivity contribution in [3.05, 3.63) is 0 Å². The number of amides is 1.